The molecule has 0 spiro atoms. The van der Waals surface area contributed by atoms with E-state index in [1.165, 1.54) is 17.2 Å². The van der Waals surface area contributed by atoms with Crippen LogP contribution < -0.4 is 5.32 Å². The highest BCUT2D eigenvalue weighted by molar-refractivity contribution is 5.36. The molecule has 3 aromatic rings. The maximum absolute atomic E-state index is 10.4. The summed E-state index contributed by atoms with van der Waals surface area (Å²) in [6.45, 7) is 2.09. The molecule has 0 aliphatic heterocycles. The number of nitriles is 1. The second-order valence-corrected chi connectivity index (χ2v) is 8.30. The lowest BCUT2D eigenvalue weighted by molar-refractivity contribution is 0.118. The predicted octanol–water partition coefficient (Wildman–Crippen LogP) is 3.77. The molecule has 0 bridgehead atoms. The first-order valence-electron chi connectivity index (χ1n) is 11.5. The molecular formula is C28H32N2O4. The van der Waals surface area contributed by atoms with Gasteiger partial charge in [-0.1, -0.05) is 42.5 Å². The molecule has 3 aromatic carbocycles. The van der Waals surface area contributed by atoms with Gasteiger partial charge in [-0.15, -0.1) is 0 Å². The van der Waals surface area contributed by atoms with Crippen LogP contribution in [0.5, 0.6) is 5.75 Å². The predicted molar refractivity (Wildman–Crippen MR) is 131 cm³/mol. The largest absolute Gasteiger partial charge is 0.508 e. The van der Waals surface area contributed by atoms with E-state index >= 15 is 0 Å². The van der Waals surface area contributed by atoms with Crippen molar-refractivity contribution < 1.29 is 20.1 Å². The number of hydrogen-bond acceptors (Lipinski definition) is 6. The van der Waals surface area contributed by atoms with E-state index in [-0.39, 0.29) is 12.4 Å². The van der Waals surface area contributed by atoms with E-state index in [1.807, 2.05) is 30.3 Å². The van der Waals surface area contributed by atoms with Crippen LogP contribution >= 0.6 is 0 Å². The van der Waals surface area contributed by atoms with Crippen LogP contribution in [0.1, 0.15) is 45.9 Å². The molecule has 178 valence electrons. The van der Waals surface area contributed by atoms with Gasteiger partial charge in [0.05, 0.1) is 31.0 Å². The molecule has 6 heteroatoms. The van der Waals surface area contributed by atoms with E-state index in [9.17, 15) is 15.3 Å². The zero-order valence-electron chi connectivity index (χ0n) is 19.3. The third-order valence-electron chi connectivity index (χ3n) is 5.68. The summed E-state index contributed by atoms with van der Waals surface area (Å²) in [4.78, 5) is 0. The molecule has 3 rings (SSSR count). The van der Waals surface area contributed by atoms with Gasteiger partial charge in [0.15, 0.2) is 0 Å². The van der Waals surface area contributed by atoms with Gasteiger partial charge in [0, 0.05) is 18.7 Å². The maximum Gasteiger partial charge on any atom is 0.121 e. The van der Waals surface area contributed by atoms with Crippen LogP contribution in [-0.4, -0.2) is 35.0 Å². The summed E-state index contributed by atoms with van der Waals surface area (Å²) in [5.74, 6) is 0.0292. The Labute approximate surface area is 201 Å². The Morgan fingerprint density at radius 2 is 1.74 bits per heavy atom. The lowest BCUT2D eigenvalue weighted by Crippen LogP contribution is -2.23. The van der Waals surface area contributed by atoms with Crippen LogP contribution in [0.3, 0.4) is 0 Å². The molecule has 0 fully saturated rings. The van der Waals surface area contributed by atoms with Crippen molar-refractivity contribution in [1.29, 1.82) is 5.26 Å². The number of benzene rings is 3. The molecule has 0 heterocycles. The number of aliphatic hydroxyl groups excluding tert-OH is 2. The van der Waals surface area contributed by atoms with Crippen LogP contribution in [-0.2, 0) is 30.8 Å². The molecule has 0 aliphatic carbocycles. The monoisotopic (exact) mass is 460 g/mol. The first-order valence-corrected chi connectivity index (χ1v) is 11.5. The number of nitrogens with one attached hydrogen (secondary N) is 1. The van der Waals surface area contributed by atoms with E-state index in [0.29, 0.717) is 36.4 Å². The fourth-order valence-electron chi connectivity index (χ4n) is 3.72. The van der Waals surface area contributed by atoms with E-state index in [0.717, 1.165) is 31.4 Å². The van der Waals surface area contributed by atoms with Gasteiger partial charge in [-0.05, 0) is 72.3 Å². The lowest BCUT2D eigenvalue weighted by atomic mass is 10.0. The van der Waals surface area contributed by atoms with Gasteiger partial charge in [-0.25, -0.2) is 0 Å². The van der Waals surface area contributed by atoms with E-state index < -0.39 is 6.10 Å². The molecule has 0 aliphatic rings. The molecule has 1 atom stereocenters. The van der Waals surface area contributed by atoms with Crippen molar-refractivity contribution in [3.8, 4) is 11.8 Å². The van der Waals surface area contributed by atoms with E-state index in [4.69, 9.17) is 10.00 Å². The van der Waals surface area contributed by atoms with Crippen molar-refractivity contribution >= 4 is 0 Å². The zero-order valence-corrected chi connectivity index (χ0v) is 19.3. The highest BCUT2D eigenvalue weighted by Crippen LogP contribution is 2.22. The van der Waals surface area contributed by atoms with Crippen LogP contribution in [0.15, 0.2) is 66.7 Å². The average Bonchev–Trinajstić information content (AvgIpc) is 2.87. The number of nitrogens with zero attached hydrogens (tertiary/aromatic N) is 1. The molecule has 0 saturated carbocycles. The van der Waals surface area contributed by atoms with Crippen LogP contribution in [0.4, 0.5) is 0 Å². The summed E-state index contributed by atoms with van der Waals surface area (Å²) in [6.07, 6.45) is 1.97. The fourth-order valence-corrected chi connectivity index (χ4v) is 3.72. The summed E-state index contributed by atoms with van der Waals surface area (Å²) >= 11 is 0. The number of aromatic hydroxyl groups is 1. The summed E-state index contributed by atoms with van der Waals surface area (Å²) in [7, 11) is 0. The summed E-state index contributed by atoms with van der Waals surface area (Å²) < 4.78 is 5.84. The van der Waals surface area contributed by atoms with Gasteiger partial charge in [-0.3, -0.25) is 0 Å². The standard InChI is InChI=1S/C28H32N2O4/c29-17-23-8-6-21(7-9-23)5-2-14-34-20-24-4-1-3-22(15-24)12-13-30-18-28(33)25-10-11-27(32)26(16-25)19-31/h1,3-4,6-11,15-16,28,30-33H,2,5,12-14,18-20H2/t28-/m1/s1. The summed E-state index contributed by atoms with van der Waals surface area (Å²) in [5.41, 5.74) is 5.30. The highest BCUT2D eigenvalue weighted by atomic mass is 16.5. The topological polar surface area (TPSA) is 106 Å². The second kappa shape index (κ2) is 13.5. The third-order valence-corrected chi connectivity index (χ3v) is 5.68. The number of rotatable bonds is 13. The van der Waals surface area contributed by atoms with Gasteiger partial charge < -0.3 is 25.4 Å². The quantitative estimate of drug-likeness (QED) is 0.289. The molecule has 0 radical (unpaired) electrons. The fraction of sp³-hybridized carbons (Fsp3) is 0.321. The number of hydrogen-bond donors (Lipinski definition) is 4. The normalized spacial score (nSPS) is 11.8. The van der Waals surface area contributed by atoms with E-state index in [2.05, 4.69) is 29.6 Å². The molecule has 0 aromatic heterocycles. The Hall–Kier alpha value is -3.21. The second-order valence-electron chi connectivity index (χ2n) is 8.30. The van der Waals surface area contributed by atoms with Gasteiger partial charge in [0.1, 0.15) is 5.75 Å². The van der Waals surface area contributed by atoms with Crippen molar-refractivity contribution in [3.05, 3.63) is 100 Å². The lowest BCUT2D eigenvalue weighted by Gasteiger charge is -2.14. The number of aryl methyl sites for hydroxylation is 1. The van der Waals surface area contributed by atoms with Crippen molar-refractivity contribution in [2.45, 2.75) is 38.6 Å². The molecule has 4 N–H and O–H groups in total. The highest BCUT2D eigenvalue weighted by Gasteiger charge is 2.10. The van der Waals surface area contributed by atoms with Crippen molar-refractivity contribution in [3.63, 3.8) is 0 Å². The molecular weight excluding hydrogens is 428 g/mol. The maximum atomic E-state index is 10.4. The first-order chi connectivity index (χ1) is 16.6. The molecule has 34 heavy (non-hydrogen) atoms. The molecule has 0 saturated heterocycles. The van der Waals surface area contributed by atoms with Gasteiger partial charge in [0.2, 0.25) is 0 Å². The third kappa shape index (κ3) is 7.98. The van der Waals surface area contributed by atoms with Gasteiger partial charge in [-0.2, -0.15) is 5.26 Å². The van der Waals surface area contributed by atoms with E-state index in [1.54, 1.807) is 12.1 Å². The Morgan fingerprint density at radius 1 is 0.941 bits per heavy atom. The Kier molecular flexibility index (Phi) is 10.1. The minimum Gasteiger partial charge on any atom is -0.508 e. The van der Waals surface area contributed by atoms with Gasteiger partial charge >= 0.3 is 0 Å². The molecule has 0 amide bonds. The first kappa shape index (κ1) is 25.4. The SMILES string of the molecule is N#Cc1ccc(CCCOCc2cccc(CCNC[C@@H](O)c3ccc(O)c(CO)c3)c2)cc1. The minimum atomic E-state index is -0.713. The Morgan fingerprint density at radius 3 is 2.50 bits per heavy atom. The average molecular weight is 461 g/mol. The summed E-state index contributed by atoms with van der Waals surface area (Å²) in [5, 5.41) is 41.4. The Bertz CT molecular complexity index is 1080. The van der Waals surface area contributed by atoms with Gasteiger partial charge in [0.25, 0.3) is 0 Å². The Balaban J connectivity index is 1.34. The number of phenols is 1. The smallest absolute Gasteiger partial charge is 0.121 e. The number of ether oxygens (including phenoxy) is 1. The zero-order chi connectivity index (χ0) is 24.2. The number of aliphatic hydroxyl groups is 2. The molecule has 0 unspecified atom stereocenters. The van der Waals surface area contributed by atoms with Crippen LogP contribution in [0.25, 0.3) is 0 Å². The summed E-state index contributed by atoms with van der Waals surface area (Å²) in [6, 6.07) is 22.9. The van der Waals surface area contributed by atoms with Crippen molar-refractivity contribution in [1.82, 2.24) is 5.32 Å². The van der Waals surface area contributed by atoms with Crippen LogP contribution in [0.2, 0.25) is 0 Å². The van der Waals surface area contributed by atoms with Crippen molar-refractivity contribution in [2.24, 2.45) is 0 Å². The minimum absolute atomic E-state index is 0.0292. The molecule has 6 nitrogen and oxygen atoms in total. The van der Waals surface area contributed by atoms with Crippen LogP contribution in [0, 0.1) is 11.3 Å². The van der Waals surface area contributed by atoms with Crippen molar-refractivity contribution in [2.75, 3.05) is 19.7 Å².